The molecule has 4 heterocycles. The lowest BCUT2D eigenvalue weighted by molar-refractivity contribution is 0.678. The molecule has 5 heteroatoms. The van der Waals surface area contributed by atoms with Gasteiger partial charge in [-0.15, -0.1) is 23.1 Å². The van der Waals surface area contributed by atoms with E-state index >= 15 is 0 Å². The van der Waals surface area contributed by atoms with Gasteiger partial charge in [0.05, 0.1) is 23.5 Å². The number of thioether (sulfide) groups is 1. The van der Waals surface area contributed by atoms with Crippen LogP contribution in [0.2, 0.25) is 0 Å². The maximum absolute atomic E-state index is 4.79. The van der Waals surface area contributed by atoms with Crippen LogP contribution in [-0.4, -0.2) is 35.9 Å². The van der Waals surface area contributed by atoms with Crippen LogP contribution in [0.4, 0.5) is 0 Å². The molecule has 0 radical (unpaired) electrons. The Morgan fingerprint density at radius 3 is 3.14 bits per heavy atom. The second-order valence-electron chi connectivity index (χ2n) is 5.33. The second-order valence-corrected chi connectivity index (χ2v) is 7.48. The fourth-order valence-electron chi connectivity index (χ4n) is 3.15. The Balaban J connectivity index is 1.79. The fraction of sp³-hybridized carbons (Fsp3) is 0.250. The molecule has 3 nitrogen and oxygen atoms in total. The van der Waals surface area contributed by atoms with Crippen molar-refractivity contribution in [1.29, 1.82) is 0 Å². The monoisotopic (exact) mass is 311 g/mol. The standard InChI is InChI=1S/C16H13N3S2/c1-2-4-12-10(3-1)14-15(21-12)13-11(5-8-20-14)16-17-6-7-19(16)9-18-13/h1-4,9H,5-8H2. The molecular formula is C16H13N3S2. The summed E-state index contributed by atoms with van der Waals surface area (Å²) in [6.45, 7) is 1.87. The average Bonchev–Trinajstić information content (AvgIpc) is 3.08. The van der Waals surface area contributed by atoms with E-state index in [-0.39, 0.29) is 0 Å². The Morgan fingerprint density at radius 1 is 1.19 bits per heavy atom. The molecule has 5 rings (SSSR count). The van der Waals surface area contributed by atoms with Gasteiger partial charge in [-0.05, 0) is 12.5 Å². The summed E-state index contributed by atoms with van der Waals surface area (Å²) in [5.74, 6) is 2.26. The number of rotatable bonds is 0. The van der Waals surface area contributed by atoms with E-state index in [1.165, 1.54) is 25.4 Å². The quantitative estimate of drug-likeness (QED) is 0.739. The van der Waals surface area contributed by atoms with Crippen LogP contribution < -0.4 is 0 Å². The molecule has 1 aromatic carbocycles. The van der Waals surface area contributed by atoms with Gasteiger partial charge in [-0.2, -0.15) is 0 Å². The summed E-state index contributed by atoms with van der Waals surface area (Å²) in [7, 11) is 0. The summed E-state index contributed by atoms with van der Waals surface area (Å²) >= 11 is 3.83. The van der Waals surface area contributed by atoms with Crippen LogP contribution in [0.15, 0.2) is 44.7 Å². The zero-order valence-corrected chi connectivity index (χ0v) is 13.0. The highest BCUT2D eigenvalue weighted by Crippen LogP contribution is 2.47. The molecule has 0 saturated carbocycles. The maximum atomic E-state index is 4.79. The van der Waals surface area contributed by atoms with Crippen LogP contribution in [0.25, 0.3) is 15.8 Å². The zero-order chi connectivity index (χ0) is 13.8. The molecule has 0 fully saturated rings. The van der Waals surface area contributed by atoms with Crippen molar-refractivity contribution in [3.05, 3.63) is 34.7 Å². The van der Waals surface area contributed by atoms with Crippen molar-refractivity contribution in [3.8, 4) is 0 Å². The van der Waals surface area contributed by atoms with Crippen LogP contribution >= 0.6 is 23.1 Å². The third kappa shape index (κ3) is 1.67. The van der Waals surface area contributed by atoms with E-state index in [9.17, 15) is 0 Å². The highest BCUT2D eigenvalue weighted by molar-refractivity contribution is 7.99. The number of aliphatic imine (C=N–C) groups is 2. The molecule has 104 valence electrons. The molecule has 0 unspecified atom stereocenters. The van der Waals surface area contributed by atoms with Gasteiger partial charge >= 0.3 is 0 Å². The van der Waals surface area contributed by atoms with Crippen molar-refractivity contribution in [2.45, 2.75) is 11.3 Å². The lowest BCUT2D eigenvalue weighted by atomic mass is 10.1. The van der Waals surface area contributed by atoms with Crippen molar-refractivity contribution < 1.29 is 0 Å². The van der Waals surface area contributed by atoms with E-state index in [1.807, 2.05) is 29.4 Å². The number of hydrogen-bond acceptors (Lipinski definition) is 5. The van der Waals surface area contributed by atoms with Crippen molar-refractivity contribution >= 4 is 51.1 Å². The highest BCUT2D eigenvalue weighted by atomic mass is 32.2. The predicted molar refractivity (Wildman–Crippen MR) is 91.6 cm³/mol. The summed E-state index contributed by atoms with van der Waals surface area (Å²) in [6, 6.07) is 8.69. The van der Waals surface area contributed by atoms with E-state index < -0.39 is 0 Å². The van der Waals surface area contributed by atoms with Crippen molar-refractivity contribution in [2.24, 2.45) is 9.98 Å². The van der Waals surface area contributed by atoms with Crippen LogP contribution in [0, 0.1) is 0 Å². The molecule has 0 saturated heterocycles. The van der Waals surface area contributed by atoms with E-state index in [4.69, 9.17) is 9.98 Å². The fourth-order valence-corrected chi connectivity index (χ4v) is 5.71. The van der Waals surface area contributed by atoms with Gasteiger partial charge in [-0.3, -0.25) is 4.99 Å². The van der Waals surface area contributed by atoms with Crippen molar-refractivity contribution in [2.75, 3.05) is 18.8 Å². The first-order valence-corrected chi connectivity index (χ1v) is 8.95. The smallest absolute Gasteiger partial charge is 0.134 e. The number of fused-ring (bicyclic) bond motifs is 6. The van der Waals surface area contributed by atoms with Crippen LogP contribution in [-0.2, 0) is 0 Å². The van der Waals surface area contributed by atoms with Gasteiger partial charge in [0.15, 0.2) is 0 Å². The van der Waals surface area contributed by atoms with Gasteiger partial charge in [0.25, 0.3) is 0 Å². The summed E-state index contributed by atoms with van der Waals surface area (Å²) < 4.78 is 1.36. The second kappa shape index (κ2) is 4.45. The lowest BCUT2D eigenvalue weighted by Gasteiger charge is -2.22. The molecule has 0 spiro atoms. The topological polar surface area (TPSA) is 28.0 Å². The molecule has 1 aromatic heterocycles. The Morgan fingerprint density at radius 2 is 2.14 bits per heavy atom. The van der Waals surface area contributed by atoms with Gasteiger partial charge in [-0.1, -0.05) is 18.2 Å². The Kier molecular flexibility index (Phi) is 2.54. The number of thiophene rings is 1. The predicted octanol–water partition coefficient (Wildman–Crippen LogP) is 3.86. The zero-order valence-electron chi connectivity index (χ0n) is 11.4. The molecule has 0 N–H and O–H groups in total. The van der Waals surface area contributed by atoms with E-state index in [1.54, 1.807) is 0 Å². The minimum absolute atomic E-state index is 0.893. The number of nitrogens with zero attached hydrogens (tertiary/aromatic N) is 3. The molecule has 3 aliphatic rings. The Bertz CT molecular complexity index is 844. The van der Waals surface area contributed by atoms with Gasteiger partial charge in [0.1, 0.15) is 5.84 Å². The Labute approximate surface area is 131 Å². The largest absolute Gasteiger partial charge is 0.315 e. The molecule has 0 atom stereocenters. The third-order valence-electron chi connectivity index (χ3n) is 4.12. The van der Waals surface area contributed by atoms with Gasteiger partial charge < -0.3 is 4.90 Å². The number of amidine groups is 1. The summed E-state index contributed by atoms with van der Waals surface area (Å²) in [5, 5.41) is 1.38. The van der Waals surface area contributed by atoms with E-state index in [0.29, 0.717) is 0 Å². The summed E-state index contributed by atoms with van der Waals surface area (Å²) in [6.07, 6.45) is 3.03. The summed E-state index contributed by atoms with van der Waals surface area (Å²) in [4.78, 5) is 14.4. The minimum Gasteiger partial charge on any atom is -0.315 e. The summed E-state index contributed by atoms with van der Waals surface area (Å²) in [5.41, 5.74) is 2.50. The molecule has 21 heavy (non-hydrogen) atoms. The first kappa shape index (κ1) is 12.0. The van der Waals surface area contributed by atoms with Gasteiger partial charge in [0.2, 0.25) is 0 Å². The first-order chi connectivity index (χ1) is 10.4. The molecule has 0 bridgehead atoms. The first-order valence-electron chi connectivity index (χ1n) is 7.15. The van der Waals surface area contributed by atoms with Crippen LogP contribution in [0.3, 0.4) is 0 Å². The van der Waals surface area contributed by atoms with E-state index in [2.05, 4.69) is 29.2 Å². The van der Waals surface area contributed by atoms with Crippen molar-refractivity contribution in [1.82, 2.24) is 4.90 Å². The lowest BCUT2D eigenvalue weighted by Crippen LogP contribution is -2.30. The number of benzene rings is 1. The Hall–Kier alpha value is -1.59. The van der Waals surface area contributed by atoms with E-state index in [0.717, 1.165) is 36.8 Å². The van der Waals surface area contributed by atoms with Crippen molar-refractivity contribution in [3.63, 3.8) is 0 Å². The molecule has 3 aliphatic heterocycles. The third-order valence-corrected chi connectivity index (χ3v) is 6.55. The minimum atomic E-state index is 0.893. The molecular weight excluding hydrogens is 298 g/mol. The maximum Gasteiger partial charge on any atom is 0.134 e. The molecule has 0 aliphatic carbocycles. The van der Waals surface area contributed by atoms with Gasteiger partial charge in [0, 0.05) is 32.9 Å². The molecule has 0 amide bonds. The van der Waals surface area contributed by atoms with Gasteiger partial charge in [-0.25, -0.2) is 4.99 Å². The average molecular weight is 311 g/mol. The number of hydrogen-bond donors (Lipinski definition) is 0. The highest BCUT2D eigenvalue weighted by Gasteiger charge is 2.30. The molecule has 2 aromatic rings. The van der Waals surface area contributed by atoms with Crippen LogP contribution in [0.5, 0.6) is 0 Å². The normalized spacial score (nSPS) is 20.2. The SMILES string of the molecule is C1=NC2=C(CCSc3c2sc2ccccc32)C2=NCCN12. The van der Waals surface area contributed by atoms with Crippen LogP contribution in [0.1, 0.15) is 11.3 Å².